The molecule has 0 atom stereocenters. The van der Waals surface area contributed by atoms with Crippen LogP contribution in [-0.2, 0) is 0 Å². The van der Waals surface area contributed by atoms with E-state index in [2.05, 4.69) is 140 Å². The minimum Gasteiger partial charge on any atom is -0.456 e. The van der Waals surface area contributed by atoms with Crippen LogP contribution in [-0.4, -0.2) is 15.0 Å². The van der Waals surface area contributed by atoms with Gasteiger partial charge in [0.05, 0.1) is 0 Å². The molecule has 0 aliphatic rings. The molecule has 0 fully saturated rings. The van der Waals surface area contributed by atoms with Crippen molar-refractivity contribution in [1.29, 1.82) is 0 Å². The molecule has 0 saturated heterocycles. The van der Waals surface area contributed by atoms with Crippen LogP contribution in [0.4, 0.5) is 0 Å². The Morgan fingerprint density at radius 3 is 1.55 bits per heavy atom. The zero-order chi connectivity index (χ0) is 38.2. The third kappa shape index (κ3) is 5.14. The van der Waals surface area contributed by atoms with E-state index in [9.17, 15) is 0 Å². The first-order valence-corrected chi connectivity index (χ1v) is 19.4. The number of aromatic nitrogens is 3. The van der Waals surface area contributed by atoms with Crippen molar-refractivity contribution in [3.63, 3.8) is 0 Å². The van der Waals surface area contributed by atoms with E-state index in [1.54, 1.807) is 0 Å². The largest absolute Gasteiger partial charge is 0.456 e. The minimum absolute atomic E-state index is 0.562. The highest BCUT2D eigenvalue weighted by molar-refractivity contribution is 6.22. The summed E-state index contributed by atoms with van der Waals surface area (Å²) < 4.78 is 13.1. The van der Waals surface area contributed by atoms with Crippen LogP contribution in [0.1, 0.15) is 0 Å². The van der Waals surface area contributed by atoms with Crippen LogP contribution < -0.4 is 0 Å². The lowest BCUT2D eigenvalue weighted by atomic mass is 9.94. The summed E-state index contributed by atoms with van der Waals surface area (Å²) in [6.45, 7) is 0. The van der Waals surface area contributed by atoms with Crippen LogP contribution in [0.15, 0.2) is 197 Å². The fourth-order valence-corrected chi connectivity index (χ4v) is 8.59. The fraction of sp³-hybridized carbons (Fsp3) is 0. The maximum atomic E-state index is 6.75. The fourth-order valence-electron chi connectivity index (χ4n) is 8.59. The van der Waals surface area contributed by atoms with Crippen LogP contribution >= 0.6 is 0 Å². The number of hydrogen-bond donors (Lipinski definition) is 0. The van der Waals surface area contributed by atoms with Crippen molar-refractivity contribution < 1.29 is 8.83 Å². The first-order chi connectivity index (χ1) is 28.7. The monoisotopic (exact) mass is 741 g/mol. The number of rotatable bonds is 5. The maximum Gasteiger partial charge on any atom is 0.164 e. The molecule has 12 aromatic rings. The summed E-state index contributed by atoms with van der Waals surface area (Å²) in [6.07, 6.45) is 0. The van der Waals surface area contributed by atoms with E-state index in [4.69, 9.17) is 23.8 Å². The lowest BCUT2D eigenvalue weighted by molar-refractivity contribution is 0.669. The lowest BCUT2D eigenvalue weighted by Crippen LogP contribution is -2.01. The summed E-state index contributed by atoms with van der Waals surface area (Å²) in [5, 5.41) is 8.40. The van der Waals surface area contributed by atoms with Crippen molar-refractivity contribution in [1.82, 2.24) is 15.0 Å². The third-order valence-corrected chi connectivity index (χ3v) is 11.3. The molecule has 0 N–H and O–H groups in total. The molecule has 0 radical (unpaired) electrons. The van der Waals surface area contributed by atoms with Crippen molar-refractivity contribution in [2.24, 2.45) is 0 Å². The van der Waals surface area contributed by atoms with Gasteiger partial charge in [-0.25, -0.2) is 15.0 Å². The van der Waals surface area contributed by atoms with Gasteiger partial charge in [-0.15, -0.1) is 0 Å². The molecule has 0 saturated carbocycles. The quantitative estimate of drug-likeness (QED) is 0.176. The van der Waals surface area contributed by atoms with Gasteiger partial charge in [0.2, 0.25) is 0 Å². The highest BCUT2D eigenvalue weighted by Gasteiger charge is 2.22. The van der Waals surface area contributed by atoms with Gasteiger partial charge >= 0.3 is 0 Å². The predicted octanol–water partition coefficient (Wildman–Crippen LogP) is 14.3. The SMILES string of the molecule is c1ccc(-c2ccc3cc(-c4nc(-c5cccc6oc7ccccc7c56)nc(-c5cccc6oc7c8ccccc8c(-c8ccccc8)cc7c56)n4)ccc3c2)cc1. The Hall–Kier alpha value is -7.89. The molecule has 0 bridgehead atoms. The molecule has 12 rings (SSSR count). The molecule has 58 heavy (non-hydrogen) atoms. The second-order valence-corrected chi connectivity index (χ2v) is 14.7. The Kier molecular flexibility index (Phi) is 7.16. The van der Waals surface area contributed by atoms with Gasteiger partial charge < -0.3 is 8.83 Å². The van der Waals surface area contributed by atoms with Crippen LogP contribution in [0.25, 0.3) is 122 Å². The lowest BCUT2D eigenvalue weighted by Gasteiger charge is -2.11. The number of benzene rings is 9. The zero-order valence-electron chi connectivity index (χ0n) is 31.1. The first-order valence-electron chi connectivity index (χ1n) is 19.4. The number of furan rings is 2. The first kappa shape index (κ1) is 32.4. The molecule has 3 aromatic heterocycles. The summed E-state index contributed by atoms with van der Waals surface area (Å²) in [6, 6.07) is 65.1. The van der Waals surface area contributed by atoms with Gasteiger partial charge in [0.25, 0.3) is 0 Å². The number of hydrogen-bond acceptors (Lipinski definition) is 5. The molecular formula is C53H31N3O2. The summed E-state index contributed by atoms with van der Waals surface area (Å²) in [5.41, 5.74) is 10.5. The molecule has 0 amide bonds. The van der Waals surface area contributed by atoms with Gasteiger partial charge in [0.15, 0.2) is 17.5 Å². The number of nitrogens with zero attached hydrogens (tertiary/aromatic N) is 3. The summed E-state index contributed by atoms with van der Waals surface area (Å²) in [7, 11) is 0. The topological polar surface area (TPSA) is 65.0 Å². The highest BCUT2D eigenvalue weighted by atomic mass is 16.3. The Morgan fingerprint density at radius 2 is 0.828 bits per heavy atom. The number of fused-ring (bicyclic) bond motifs is 9. The molecule has 9 aromatic carbocycles. The normalized spacial score (nSPS) is 11.8. The predicted molar refractivity (Wildman–Crippen MR) is 237 cm³/mol. The molecule has 0 unspecified atom stereocenters. The second kappa shape index (κ2) is 12.8. The Labute approximate surface area is 332 Å². The molecule has 270 valence electrons. The molecule has 5 heteroatoms. The van der Waals surface area contributed by atoms with E-state index in [0.29, 0.717) is 17.5 Å². The Morgan fingerprint density at radius 1 is 0.293 bits per heavy atom. The molecule has 0 spiro atoms. The van der Waals surface area contributed by atoms with E-state index < -0.39 is 0 Å². The molecule has 5 nitrogen and oxygen atoms in total. The smallest absolute Gasteiger partial charge is 0.164 e. The van der Waals surface area contributed by atoms with E-state index in [1.165, 1.54) is 11.1 Å². The minimum atomic E-state index is 0.562. The summed E-state index contributed by atoms with van der Waals surface area (Å²) in [4.78, 5) is 15.9. The van der Waals surface area contributed by atoms with Crippen LogP contribution in [0.3, 0.4) is 0 Å². The van der Waals surface area contributed by atoms with Crippen LogP contribution in [0, 0.1) is 0 Å². The molecule has 0 aliphatic heterocycles. The molecule has 0 aliphatic carbocycles. The van der Waals surface area contributed by atoms with Gasteiger partial charge in [0.1, 0.15) is 22.3 Å². The van der Waals surface area contributed by atoms with Crippen LogP contribution in [0.5, 0.6) is 0 Å². The zero-order valence-corrected chi connectivity index (χ0v) is 31.1. The van der Waals surface area contributed by atoms with Crippen molar-refractivity contribution >= 4 is 65.4 Å². The van der Waals surface area contributed by atoms with Gasteiger partial charge in [-0.3, -0.25) is 0 Å². The second-order valence-electron chi connectivity index (χ2n) is 14.7. The summed E-state index contributed by atoms with van der Waals surface area (Å²) in [5.74, 6) is 1.71. The van der Waals surface area contributed by atoms with E-state index in [-0.39, 0.29) is 0 Å². The van der Waals surface area contributed by atoms with Crippen molar-refractivity contribution in [2.45, 2.75) is 0 Å². The Balaban J connectivity index is 1.12. The summed E-state index contributed by atoms with van der Waals surface area (Å²) >= 11 is 0. The van der Waals surface area contributed by atoms with Gasteiger partial charge in [-0.2, -0.15) is 0 Å². The van der Waals surface area contributed by atoms with Gasteiger partial charge in [-0.1, -0.05) is 152 Å². The third-order valence-electron chi connectivity index (χ3n) is 11.3. The molecular weight excluding hydrogens is 711 g/mol. The maximum absolute atomic E-state index is 6.75. The van der Waals surface area contributed by atoms with E-state index in [1.807, 2.05) is 48.5 Å². The van der Waals surface area contributed by atoms with Crippen molar-refractivity contribution in [3.8, 4) is 56.4 Å². The average molecular weight is 742 g/mol. The van der Waals surface area contributed by atoms with E-state index >= 15 is 0 Å². The van der Waals surface area contributed by atoms with Gasteiger partial charge in [0, 0.05) is 43.6 Å². The van der Waals surface area contributed by atoms with Gasteiger partial charge in [-0.05, 0) is 74.8 Å². The Bertz CT molecular complexity index is 3570. The van der Waals surface area contributed by atoms with Crippen molar-refractivity contribution in [2.75, 3.05) is 0 Å². The molecule has 3 heterocycles. The van der Waals surface area contributed by atoms with Crippen LogP contribution in [0.2, 0.25) is 0 Å². The van der Waals surface area contributed by atoms with Crippen molar-refractivity contribution in [3.05, 3.63) is 188 Å². The van der Waals surface area contributed by atoms with E-state index in [0.717, 1.165) is 93.2 Å². The standard InChI is InChI=1S/C53H31N3O2/c1-3-13-32(14-4-1)34-25-26-36-30-37(28-27-35(36)29-34)51-54-52(41-20-11-23-46-48(41)40-19-9-10-22-45(40)57-46)56-53(55-51)42-21-12-24-47-49(42)44-31-43(33-15-5-2-6-16-33)38-17-7-8-18-39(38)50(44)58-47/h1-31H. The average Bonchev–Trinajstić information content (AvgIpc) is 3.88. The highest BCUT2D eigenvalue weighted by Crippen LogP contribution is 2.43. The number of para-hydroxylation sites is 1.